The molecule has 110 valence electrons. The maximum atomic E-state index is 12.4. The number of carbonyl (C=O) groups excluding carboxylic acids is 1. The summed E-state index contributed by atoms with van der Waals surface area (Å²) in [4.78, 5) is 12.4. The Balaban J connectivity index is 2.23. The molecular weight excluding hydrogens is 252 g/mol. The molecule has 1 aliphatic rings. The Morgan fingerprint density at radius 1 is 1.25 bits per heavy atom. The summed E-state index contributed by atoms with van der Waals surface area (Å²) in [5, 5.41) is 12.8. The first-order chi connectivity index (χ1) is 9.10. The third-order valence-electron chi connectivity index (χ3n) is 4.92. The molecule has 1 saturated carbocycles. The van der Waals surface area contributed by atoms with E-state index in [-0.39, 0.29) is 34.6 Å². The SMILES string of the molecule is Cc1c(O)cccc1C(=O)NC1C(C)(C)C(N)C1(C)C. The van der Waals surface area contributed by atoms with Crippen molar-refractivity contribution in [2.45, 2.75) is 46.7 Å². The van der Waals surface area contributed by atoms with Crippen LogP contribution in [0, 0.1) is 17.8 Å². The Labute approximate surface area is 120 Å². The highest BCUT2D eigenvalue weighted by molar-refractivity contribution is 5.96. The molecule has 1 fully saturated rings. The van der Waals surface area contributed by atoms with Crippen molar-refractivity contribution in [2.75, 3.05) is 0 Å². The lowest BCUT2D eigenvalue weighted by Crippen LogP contribution is -2.76. The van der Waals surface area contributed by atoms with Crippen molar-refractivity contribution < 1.29 is 9.90 Å². The molecule has 0 saturated heterocycles. The lowest BCUT2D eigenvalue weighted by molar-refractivity contribution is -0.0663. The first kappa shape index (κ1) is 14.9. The van der Waals surface area contributed by atoms with Gasteiger partial charge in [-0.15, -0.1) is 0 Å². The van der Waals surface area contributed by atoms with E-state index >= 15 is 0 Å². The minimum Gasteiger partial charge on any atom is -0.508 e. The van der Waals surface area contributed by atoms with Crippen LogP contribution in [0.2, 0.25) is 0 Å². The van der Waals surface area contributed by atoms with E-state index in [2.05, 4.69) is 33.0 Å². The molecule has 1 aromatic carbocycles. The predicted molar refractivity (Wildman–Crippen MR) is 79.6 cm³/mol. The molecule has 0 heterocycles. The number of phenolic OH excluding ortho intramolecular Hbond substituents is 1. The van der Waals surface area contributed by atoms with E-state index < -0.39 is 0 Å². The normalized spacial score (nSPS) is 26.7. The third-order valence-corrected chi connectivity index (χ3v) is 4.92. The van der Waals surface area contributed by atoms with Gasteiger partial charge in [-0.1, -0.05) is 33.8 Å². The van der Waals surface area contributed by atoms with Gasteiger partial charge in [0.1, 0.15) is 5.75 Å². The summed E-state index contributed by atoms with van der Waals surface area (Å²) in [5.41, 5.74) is 7.04. The fraction of sp³-hybridized carbons (Fsp3) is 0.562. The second-order valence-electron chi connectivity index (χ2n) is 6.98. The van der Waals surface area contributed by atoms with E-state index in [4.69, 9.17) is 5.73 Å². The van der Waals surface area contributed by atoms with E-state index in [1.807, 2.05) is 0 Å². The highest BCUT2D eigenvalue weighted by Gasteiger charge is 2.60. The van der Waals surface area contributed by atoms with E-state index in [1.54, 1.807) is 25.1 Å². The van der Waals surface area contributed by atoms with Crippen LogP contribution in [0.4, 0.5) is 0 Å². The van der Waals surface area contributed by atoms with Crippen molar-refractivity contribution in [3.05, 3.63) is 29.3 Å². The van der Waals surface area contributed by atoms with Crippen LogP contribution in [0.1, 0.15) is 43.6 Å². The van der Waals surface area contributed by atoms with Gasteiger partial charge in [-0.25, -0.2) is 0 Å². The zero-order valence-corrected chi connectivity index (χ0v) is 12.8. The summed E-state index contributed by atoms with van der Waals surface area (Å²) in [7, 11) is 0. The molecular formula is C16H24N2O2. The first-order valence-corrected chi connectivity index (χ1v) is 6.95. The molecule has 1 aromatic rings. The lowest BCUT2D eigenvalue weighted by atomic mass is 9.48. The zero-order chi connectivity index (χ0) is 15.3. The number of hydrogen-bond donors (Lipinski definition) is 3. The Morgan fingerprint density at radius 2 is 1.80 bits per heavy atom. The summed E-state index contributed by atoms with van der Waals surface area (Å²) in [6.45, 7) is 10.0. The van der Waals surface area contributed by atoms with Gasteiger partial charge in [0.2, 0.25) is 0 Å². The molecule has 0 aromatic heterocycles. The summed E-state index contributed by atoms with van der Waals surface area (Å²) < 4.78 is 0. The largest absolute Gasteiger partial charge is 0.508 e. The van der Waals surface area contributed by atoms with Gasteiger partial charge in [0.25, 0.3) is 5.91 Å². The molecule has 1 amide bonds. The van der Waals surface area contributed by atoms with Crippen molar-refractivity contribution in [3.8, 4) is 5.75 Å². The van der Waals surface area contributed by atoms with Gasteiger partial charge >= 0.3 is 0 Å². The fourth-order valence-electron chi connectivity index (χ4n) is 3.63. The van der Waals surface area contributed by atoms with Gasteiger partial charge in [0.05, 0.1) is 0 Å². The van der Waals surface area contributed by atoms with Gasteiger partial charge in [0, 0.05) is 34.0 Å². The molecule has 4 N–H and O–H groups in total. The summed E-state index contributed by atoms with van der Waals surface area (Å²) in [5.74, 6) is -0.0158. The number of phenols is 1. The third kappa shape index (κ3) is 1.99. The maximum Gasteiger partial charge on any atom is 0.251 e. The Hall–Kier alpha value is -1.55. The van der Waals surface area contributed by atoms with Gasteiger partial charge in [-0.05, 0) is 19.1 Å². The lowest BCUT2D eigenvalue weighted by Gasteiger charge is -2.62. The molecule has 1 aliphatic carbocycles. The number of hydrogen-bond acceptors (Lipinski definition) is 3. The molecule has 0 radical (unpaired) electrons. The van der Waals surface area contributed by atoms with E-state index in [0.717, 1.165) is 0 Å². The van der Waals surface area contributed by atoms with Crippen LogP contribution in [-0.2, 0) is 0 Å². The van der Waals surface area contributed by atoms with Crippen LogP contribution in [0.3, 0.4) is 0 Å². The average Bonchev–Trinajstić information content (AvgIpc) is 2.37. The maximum absolute atomic E-state index is 12.4. The second-order valence-corrected chi connectivity index (χ2v) is 6.98. The van der Waals surface area contributed by atoms with Gasteiger partial charge < -0.3 is 16.2 Å². The zero-order valence-electron chi connectivity index (χ0n) is 12.8. The van der Waals surface area contributed by atoms with Crippen LogP contribution in [0.15, 0.2) is 18.2 Å². The number of rotatable bonds is 2. The molecule has 20 heavy (non-hydrogen) atoms. The number of nitrogens with one attached hydrogen (secondary N) is 1. The second kappa shape index (κ2) is 4.48. The quantitative estimate of drug-likeness (QED) is 0.775. The van der Waals surface area contributed by atoms with Crippen LogP contribution in [0.25, 0.3) is 0 Å². The van der Waals surface area contributed by atoms with E-state index in [0.29, 0.717) is 11.1 Å². The number of nitrogens with two attached hydrogens (primary N) is 1. The van der Waals surface area contributed by atoms with Crippen molar-refractivity contribution in [1.82, 2.24) is 5.32 Å². The van der Waals surface area contributed by atoms with Crippen molar-refractivity contribution in [3.63, 3.8) is 0 Å². The average molecular weight is 276 g/mol. The van der Waals surface area contributed by atoms with Crippen LogP contribution in [-0.4, -0.2) is 23.1 Å². The topological polar surface area (TPSA) is 75.3 Å². The van der Waals surface area contributed by atoms with E-state index in [9.17, 15) is 9.90 Å². The van der Waals surface area contributed by atoms with Crippen molar-refractivity contribution in [2.24, 2.45) is 16.6 Å². The minimum absolute atomic E-state index is 0.0132. The monoisotopic (exact) mass is 276 g/mol. The van der Waals surface area contributed by atoms with Crippen molar-refractivity contribution in [1.29, 1.82) is 0 Å². The summed E-state index contributed by atoms with van der Waals surface area (Å²) in [6.07, 6.45) is 0. The molecule has 0 spiro atoms. The Kier molecular flexibility index (Phi) is 3.33. The number of amides is 1. The summed E-state index contributed by atoms with van der Waals surface area (Å²) in [6, 6.07) is 5.05. The van der Waals surface area contributed by atoms with Gasteiger partial charge in [-0.3, -0.25) is 4.79 Å². The number of benzene rings is 1. The summed E-state index contributed by atoms with van der Waals surface area (Å²) >= 11 is 0. The molecule has 0 bridgehead atoms. The van der Waals surface area contributed by atoms with E-state index in [1.165, 1.54) is 0 Å². The van der Waals surface area contributed by atoms with Crippen molar-refractivity contribution >= 4 is 5.91 Å². The van der Waals surface area contributed by atoms with Gasteiger partial charge in [-0.2, -0.15) is 0 Å². The van der Waals surface area contributed by atoms with Crippen LogP contribution in [0.5, 0.6) is 5.75 Å². The molecule has 2 rings (SSSR count). The highest BCUT2D eigenvalue weighted by Crippen LogP contribution is 2.52. The number of aromatic hydroxyl groups is 1. The number of carbonyl (C=O) groups is 1. The van der Waals surface area contributed by atoms with Crippen LogP contribution >= 0.6 is 0 Å². The predicted octanol–water partition coefficient (Wildman–Crippen LogP) is 2.19. The molecule has 0 aliphatic heterocycles. The molecule has 0 unspecified atom stereocenters. The standard InChI is InChI=1S/C16H24N2O2/c1-9-10(7-6-8-11(9)19)12(20)18-14-15(2,3)13(17)16(14,4)5/h6-8,13-14,19H,17H2,1-5H3,(H,18,20). The van der Waals surface area contributed by atoms with Gasteiger partial charge in [0.15, 0.2) is 0 Å². The smallest absolute Gasteiger partial charge is 0.251 e. The first-order valence-electron chi connectivity index (χ1n) is 6.95. The fourth-order valence-corrected chi connectivity index (χ4v) is 3.63. The Bertz CT molecular complexity index is 533. The Morgan fingerprint density at radius 3 is 2.35 bits per heavy atom. The van der Waals surface area contributed by atoms with Crippen LogP contribution < -0.4 is 11.1 Å². The highest BCUT2D eigenvalue weighted by atomic mass is 16.3. The molecule has 0 atom stereocenters. The minimum atomic E-state index is -0.156. The molecule has 4 heteroatoms. The molecule has 4 nitrogen and oxygen atoms in total.